The molecular weight excluding hydrogens is 218 g/mol. The minimum Gasteiger partial charge on any atom is -0.506 e. The Morgan fingerprint density at radius 2 is 2.07 bits per heavy atom. The Kier molecular flexibility index (Phi) is 3.55. The number of hydrogen-bond acceptors (Lipinski definition) is 4. The van der Waals surface area contributed by atoms with Crippen molar-refractivity contribution in [3.63, 3.8) is 0 Å². The second-order valence-corrected chi connectivity index (χ2v) is 3.58. The van der Waals surface area contributed by atoms with Crippen molar-refractivity contribution in [2.75, 3.05) is 13.6 Å². The molecule has 0 amide bonds. The largest absolute Gasteiger partial charge is 0.506 e. The lowest BCUT2D eigenvalue weighted by atomic mass is 10.1. The van der Waals surface area contributed by atoms with Gasteiger partial charge >= 0.3 is 0 Å². The van der Waals surface area contributed by atoms with E-state index in [2.05, 4.69) is 5.32 Å². The number of hydrogen-bond donors (Lipinski definition) is 3. The maximum Gasteiger partial charge on any atom is 0.180 e. The van der Waals surface area contributed by atoms with Crippen LogP contribution < -0.4 is 5.32 Å². The van der Waals surface area contributed by atoms with Gasteiger partial charge in [0.05, 0.1) is 12.1 Å². The highest BCUT2D eigenvalue weighted by Crippen LogP contribution is 2.38. The summed E-state index contributed by atoms with van der Waals surface area (Å²) >= 11 is 5.66. The Hall–Kier alpha value is -1.26. The van der Waals surface area contributed by atoms with Crippen molar-refractivity contribution in [3.05, 3.63) is 22.2 Å². The number of ketones is 1. The van der Waals surface area contributed by atoms with Gasteiger partial charge in [-0.1, -0.05) is 11.6 Å². The quantitative estimate of drug-likeness (QED) is 0.687. The number of benzene rings is 1. The minimum atomic E-state index is -0.375. The number of aromatic hydroxyl groups is 2. The zero-order valence-electron chi connectivity index (χ0n) is 8.47. The first kappa shape index (κ1) is 11.8. The number of likely N-dealkylation sites (N-methyl/N-ethyl adjacent to an activating group) is 1. The van der Waals surface area contributed by atoms with Gasteiger partial charge in [0.1, 0.15) is 16.5 Å². The van der Waals surface area contributed by atoms with Crippen LogP contribution in [0.3, 0.4) is 0 Å². The molecule has 0 saturated carbocycles. The lowest BCUT2D eigenvalue weighted by Gasteiger charge is -2.09. The average Bonchev–Trinajstić information content (AvgIpc) is 2.20. The molecular formula is C10H12ClNO3. The highest BCUT2D eigenvalue weighted by molar-refractivity contribution is 6.34. The van der Waals surface area contributed by atoms with Gasteiger partial charge in [-0.15, -0.1) is 0 Å². The van der Waals surface area contributed by atoms with E-state index >= 15 is 0 Å². The number of halogens is 1. The summed E-state index contributed by atoms with van der Waals surface area (Å²) in [7, 11) is 1.63. The maximum absolute atomic E-state index is 11.5. The van der Waals surface area contributed by atoms with Gasteiger partial charge < -0.3 is 15.5 Å². The molecule has 0 aromatic heterocycles. The van der Waals surface area contributed by atoms with Crippen molar-refractivity contribution in [3.8, 4) is 11.5 Å². The van der Waals surface area contributed by atoms with Gasteiger partial charge in [0, 0.05) is 0 Å². The summed E-state index contributed by atoms with van der Waals surface area (Å²) in [6.45, 7) is 1.71. The summed E-state index contributed by atoms with van der Waals surface area (Å²) in [5.74, 6) is -0.852. The van der Waals surface area contributed by atoms with Crippen LogP contribution in [0.2, 0.25) is 5.02 Å². The SMILES string of the molecule is CNCC(=O)c1cc(C)c(O)c(Cl)c1O. The van der Waals surface area contributed by atoms with Gasteiger partial charge in [-0.05, 0) is 25.6 Å². The number of aryl methyl sites for hydroxylation is 1. The number of rotatable bonds is 3. The number of phenolic OH excluding ortho intramolecular Hbond substituents is 2. The van der Waals surface area contributed by atoms with Crippen LogP contribution in [0.25, 0.3) is 0 Å². The number of carbonyl (C=O) groups is 1. The monoisotopic (exact) mass is 229 g/mol. The second-order valence-electron chi connectivity index (χ2n) is 3.21. The molecule has 0 spiro atoms. The van der Waals surface area contributed by atoms with E-state index in [1.807, 2.05) is 0 Å². The predicted molar refractivity (Wildman–Crippen MR) is 57.8 cm³/mol. The molecule has 4 nitrogen and oxygen atoms in total. The summed E-state index contributed by atoms with van der Waals surface area (Å²) in [6.07, 6.45) is 0. The zero-order valence-corrected chi connectivity index (χ0v) is 9.22. The normalized spacial score (nSPS) is 10.3. The van der Waals surface area contributed by atoms with E-state index in [1.54, 1.807) is 14.0 Å². The highest BCUT2D eigenvalue weighted by Gasteiger charge is 2.17. The summed E-state index contributed by atoms with van der Waals surface area (Å²) in [4.78, 5) is 11.5. The molecule has 15 heavy (non-hydrogen) atoms. The molecule has 5 heteroatoms. The molecule has 0 aliphatic heterocycles. The molecule has 1 rings (SSSR count). The lowest BCUT2D eigenvalue weighted by Crippen LogP contribution is -2.18. The summed E-state index contributed by atoms with van der Waals surface area (Å²) < 4.78 is 0. The molecule has 0 aliphatic carbocycles. The average molecular weight is 230 g/mol. The van der Waals surface area contributed by atoms with E-state index in [0.717, 1.165) is 0 Å². The molecule has 0 fully saturated rings. The molecule has 0 aliphatic rings. The van der Waals surface area contributed by atoms with Crippen molar-refractivity contribution >= 4 is 17.4 Å². The fourth-order valence-corrected chi connectivity index (χ4v) is 1.48. The third-order valence-electron chi connectivity index (χ3n) is 2.04. The molecule has 0 bridgehead atoms. The zero-order chi connectivity index (χ0) is 11.6. The molecule has 0 heterocycles. The standard InChI is InChI=1S/C10H12ClNO3/c1-5-3-6(7(13)4-12-2)10(15)8(11)9(5)14/h3,12,14-15H,4H2,1-2H3. The summed E-state index contributed by atoms with van der Waals surface area (Å²) in [5, 5.41) is 21.5. The lowest BCUT2D eigenvalue weighted by molar-refractivity contribution is 0.0991. The van der Waals surface area contributed by atoms with Gasteiger partial charge in [0.15, 0.2) is 5.78 Å². The molecule has 0 saturated heterocycles. The van der Waals surface area contributed by atoms with Crippen molar-refractivity contribution in [1.82, 2.24) is 5.32 Å². The Balaban J connectivity index is 3.26. The number of carbonyl (C=O) groups excluding carboxylic acids is 1. The van der Waals surface area contributed by atoms with E-state index in [4.69, 9.17) is 11.6 Å². The Morgan fingerprint density at radius 1 is 1.47 bits per heavy atom. The Morgan fingerprint density at radius 3 is 2.60 bits per heavy atom. The van der Waals surface area contributed by atoms with Crippen LogP contribution in [-0.2, 0) is 0 Å². The van der Waals surface area contributed by atoms with Gasteiger partial charge in [-0.25, -0.2) is 0 Å². The molecule has 0 unspecified atom stereocenters. The first-order valence-electron chi connectivity index (χ1n) is 4.37. The van der Waals surface area contributed by atoms with Crippen molar-refractivity contribution in [2.24, 2.45) is 0 Å². The molecule has 1 aromatic rings. The van der Waals surface area contributed by atoms with Crippen molar-refractivity contribution < 1.29 is 15.0 Å². The minimum absolute atomic E-state index is 0.105. The van der Waals surface area contributed by atoms with Crippen LogP contribution in [-0.4, -0.2) is 29.6 Å². The molecule has 82 valence electrons. The van der Waals surface area contributed by atoms with Crippen LogP contribution in [0.15, 0.2) is 6.07 Å². The van der Waals surface area contributed by atoms with E-state index < -0.39 is 0 Å². The third-order valence-corrected chi connectivity index (χ3v) is 2.40. The molecule has 0 radical (unpaired) electrons. The number of phenols is 2. The Labute approximate surface area is 92.5 Å². The van der Waals surface area contributed by atoms with Crippen LogP contribution in [0.5, 0.6) is 11.5 Å². The highest BCUT2D eigenvalue weighted by atomic mass is 35.5. The fourth-order valence-electron chi connectivity index (χ4n) is 1.23. The Bertz CT molecular complexity index is 404. The van der Waals surface area contributed by atoms with Gasteiger partial charge in [0.2, 0.25) is 0 Å². The smallest absolute Gasteiger partial charge is 0.180 e. The third kappa shape index (κ3) is 2.22. The topological polar surface area (TPSA) is 69.6 Å². The van der Waals surface area contributed by atoms with E-state index in [1.165, 1.54) is 6.07 Å². The van der Waals surface area contributed by atoms with E-state index in [9.17, 15) is 15.0 Å². The van der Waals surface area contributed by atoms with Crippen molar-refractivity contribution in [1.29, 1.82) is 0 Å². The van der Waals surface area contributed by atoms with Gasteiger partial charge in [0.25, 0.3) is 0 Å². The van der Waals surface area contributed by atoms with Gasteiger partial charge in [-0.2, -0.15) is 0 Å². The number of nitrogens with one attached hydrogen (secondary N) is 1. The molecule has 0 atom stereocenters. The second kappa shape index (κ2) is 4.51. The van der Waals surface area contributed by atoms with E-state index in [-0.39, 0.29) is 34.4 Å². The first-order chi connectivity index (χ1) is 6.99. The molecule has 3 N–H and O–H groups in total. The van der Waals surface area contributed by atoms with Crippen LogP contribution >= 0.6 is 11.6 Å². The predicted octanol–water partition coefficient (Wildman–Crippen LogP) is 1.46. The maximum atomic E-state index is 11.5. The summed E-state index contributed by atoms with van der Waals surface area (Å²) in [5.41, 5.74) is 0.571. The van der Waals surface area contributed by atoms with Crippen molar-refractivity contribution in [2.45, 2.75) is 6.92 Å². The van der Waals surface area contributed by atoms with Crippen LogP contribution in [0, 0.1) is 6.92 Å². The van der Waals surface area contributed by atoms with Gasteiger partial charge in [-0.3, -0.25) is 4.79 Å². The van der Waals surface area contributed by atoms with E-state index in [0.29, 0.717) is 5.56 Å². The summed E-state index contributed by atoms with van der Waals surface area (Å²) in [6, 6.07) is 1.41. The fraction of sp³-hybridized carbons (Fsp3) is 0.300. The van der Waals surface area contributed by atoms with Crippen LogP contribution in [0.1, 0.15) is 15.9 Å². The molecule has 1 aromatic carbocycles. The first-order valence-corrected chi connectivity index (χ1v) is 4.75. The number of Topliss-reactive ketones (excluding diaryl/α,β-unsaturated/α-hetero) is 1. The van der Waals surface area contributed by atoms with Crippen LogP contribution in [0.4, 0.5) is 0 Å².